The Bertz CT molecular complexity index is 807. The first kappa shape index (κ1) is 21.3. The first-order valence-corrected chi connectivity index (χ1v) is 10.0. The molecule has 158 valence electrons. The van der Waals surface area contributed by atoms with E-state index in [9.17, 15) is 4.79 Å². The van der Waals surface area contributed by atoms with E-state index in [0.29, 0.717) is 18.3 Å². The summed E-state index contributed by atoms with van der Waals surface area (Å²) in [5.74, 6) is 1.57. The summed E-state index contributed by atoms with van der Waals surface area (Å²) in [6.07, 6.45) is 7.84. The number of carbonyl (C=O) groups excluding carboxylic acids is 1. The van der Waals surface area contributed by atoms with Crippen molar-refractivity contribution in [1.29, 1.82) is 0 Å². The molecule has 0 spiro atoms. The number of carbonyl (C=O) groups is 1. The Kier molecular flexibility index (Phi) is 7.27. The molecule has 2 aliphatic heterocycles. The lowest BCUT2D eigenvalue weighted by molar-refractivity contribution is 0.0945. The van der Waals surface area contributed by atoms with E-state index in [0.717, 1.165) is 57.0 Å². The summed E-state index contributed by atoms with van der Waals surface area (Å²) in [4.78, 5) is 23.4. The van der Waals surface area contributed by atoms with Gasteiger partial charge in [0, 0.05) is 45.0 Å². The van der Waals surface area contributed by atoms with Crippen molar-refractivity contribution in [2.45, 2.75) is 37.8 Å². The smallest absolute Gasteiger partial charge is 0.271 e. The van der Waals surface area contributed by atoms with Crippen LogP contribution in [0.5, 0.6) is 0 Å². The van der Waals surface area contributed by atoms with Gasteiger partial charge in [-0.1, -0.05) is 0 Å². The van der Waals surface area contributed by atoms with Gasteiger partial charge in [0.25, 0.3) is 5.91 Å². The molecule has 29 heavy (non-hydrogen) atoms. The molecule has 2 atom stereocenters. The molecular weight excluding hydrogens is 392 g/mol. The number of nitrogens with one attached hydrogen (secondary N) is 3. The van der Waals surface area contributed by atoms with E-state index in [4.69, 9.17) is 0 Å². The third-order valence-electron chi connectivity index (χ3n) is 5.56. The number of hydrogen-bond donors (Lipinski definition) is 3. The maximum absolute atomic E-state index is 12.6. The lowest BCUT2D eigenvalue weighted by Crippen LogP contribution is -2.40. The van der Waals surface area contributed by atoms with Crippen molar-refractivity contribution in [2.24, 2.45) is 0 Å². The van der Waals surface area contributed by atoms with Crippen molar-refractivity contribution >= 4 is 29.9 Å². The van der Waals surface area contributed by atoms with Gasteiger partial charge in [0.15, 0.2) is 0 Å². The topological polar surface area (TPSA) is 100 Å². The summed E-state index contributed by atoms with van der Waals surface area (Å²) >= 11 is 0. The van der Waals surface area contributed by atoms with E-state index < -0.39 is 0 Å². The van der Waals surface area contributed by atoms with Crippen LogP contribution in [0.25, 0.3) is 0 Å². The molecule has 0 bridgehead atoms. The molecule has 2 saturated heterocycles. The van der Waals surface area contributed by atoms with Crippen molar-refractivity contribution in [1.82, 2.24) is 30.4 Å². The number of aromatic nitrogens is 4. The van der Waals surface area contributed by atoms with Crippen LogP contribution in [-0.2, 0) is 0 Å². The highest BCUT2D eigenvalue weighted by Crippen LogP contribution is 2.24. The SMILES string of the molecule is CNc1cc(N2CCCC2CNC(=O)c2ccn(C3CCCNC3)n2)ncn1.Cl. The van der Waals surface area contributed by atoms with E-state index in [-0.39, 0.29) is 24.4 Å². The zero-order valence-corrected chi connectivity index (χ0v) is 17.5. The standard InChI is InChI=1S/C19H28N8O.ClH/c1-20-17-10-18(24-13-23-17)26-8-3-5-14(26)12-22-19(28)16-6-9-27(25-16)15-4-2-7-21-11-15;/h6,9-10,13-15,21H,2-5,7-8,11-12H2,1H3,(H,22,28)(H,20,23,24);1H. The second kappa shape index (κ2) is 9.89. The number of nitrogens with zero attached hydrogens (tertiary/aromatic N) is 5. The van der Waals surface area contributed by atoms with Crippen LogP contribution in [0.2, 0.25) is 0 Å². The van der Waals surface area contributed by atoms with Gasteiger partial charge in [-0.3, -0.25) is 9.48 Å². The Balaban J connectivity index is 0.00000240. The van der Waals surface area contributed by atoms with E-state index in [1.165, 1.54) is 0 Å². The predicted octanol–water partition coefficient (Wildman–Crippen LogP) is 1.46. The molecule has 10 heteroatoms. The highest BCUT2D eigenvalue weighted by Gasteiger charge is 2.27. The summed E-state index contributed by atoms with van der Waals surface area (Å²) in [6.45, 7) is 3.48. The molecule has 4 rings (SSSR count). The van der Waals surface area contributed by atoms with Crippen molar-refractivity contribution in [3.63, 3.8) is 0 Å². The van der Waals surface area contributed by atoms with Crippen molar-refractivity contribution in [3.8, 4) is 0 Å². The molecule has 2 aromatic heterocycles. The second-order valence-electron chi connectivity index (χ2n) is 7.39. The van der Waals surface area contributed by atoms with Gasteiger partial charge < -0.3 is 20.9 Å². The van der Waals surface area contributed by atoms with Crippen LogP contribution in [0.1, 0.15) is 42.2 Å². The number of hydrogen-bond acceptors (Lipinski definition) is 7. The van der Waals surface area contributed by atoms with Gasteiger partial charge >= 0.3 is 0 Å². The van der Waals surface area contributed by atoms with E-state index in [1.807, 2.05) is 24.0 Å². The molecule has 2 fully saturated rings. The minimum absolute atomic E-state index is 0. The van der Waals surface area contributed by atoms with Crippen molar-refractivity contribution in [3.05, 3.63) is 30.4 Å². The zero-order chi connectivity index (χ0) is 19.3. The largest absolute Gasteiger partial charge is 0.373 e. The lowest BCUT2D eigenvalue weighted by Gasteiger charge is -2.26. The van der Waals surface area contributed by atoms with Crippen LogP contribution in [0.3, 0.4) is 0 Å². The van der Waals surface area contributed by atoms with E-state index in [1.54, 1.807) is 12.4 Å². The quantitative estimate of drug-likeness (QED) is 0.650. The molecule has 3 N–H and O–H groups in total. The Hall–Kier alpha value is -2.39. The minimum atomic E-state index is -0.118. The molecule has 2 aromatic rings. The molecule has 0 aromatic carbocycles. The monoisotopic (exact) mass is 420 g/mol. The minimum Gasteiger partial charge on any atom is -0.373 e. The molecule has 2 aliphatic rings. The van der Waals surface area contributed by atoms with Crippen LogP contribution in [0.15, 0.2) is 24.7 Å². The molecule has 1 amide bonds. The van der Waals surface area contributed by atoms with Gasteiger partial charge in [-0.2, -0.15) is 5.10 Å². The number of rotatable bonds is 6. The predicted molar refractivity (Wildman–Crippen MR) is 115 cm³/mol. The van der Waals surface area contributed by atoms with Crippen LogP contribution in [0, 0.1) is 0 Å². The maximum Gasteiger partial charge on any atom is 0.271 e. The summed E-state index contributed by atoms with van der Waals surface area (Å²) in [5.41, 5.74) is 0.481. The molecule has 0 aliphatic carbocycles. The van der Waals surface area contributed by atoms with Crippen LogP contribution >= 0.6 is 12.4 Å². The fourth-order valence-electron chi connectivity index (χ4n) is 4.01. The van der Waals surface area contributed by atoms with Gasteiger partial charge in [0.2, 0.25) is 0 Å². The van der Waals surface area contributed by atoms with Crippen molar-refractivity contribution in [2.75, 3.05) is 43.4 Å². The average molecular weight is 421 g/mol. The van der Waals surface area contributed by atoms with Crippen LogP contribution in [0.4, 0.5) is 11.6 Å². The Labute approximate surface area is 177 Å². The summed E-state index contributed by atoms with van der Waals surface area (Å²) < 4.78 is 1.92. The van der Waals surface area contributed by atoms with Gasteiger partial charge in [-0.15, -0.1) is 12.4 Å². The molecule has 9 nitrogen and oxygen atoms in total. The Morgan fingerprint density at radius 1 is 1.31 bits per heavy atom. The third kappa shape index (κ3) is 4.97. The summed E-state index contributed by atoms with van der Waals surface area (Å²) in [5, 5.41) is 14.0. The highest BCUT2D eigenvalue weighted by molar-refractivity contribution is 5.92. The number of amides is 1. The second-order valence-corrected chi connectivity index (χ2v) is 7.39. The summed E-state index contributed by atoms with van der Waals surface area (Å²) in [6, 6.07) is 4.31. The van der Waals surface area contributed by atoms with Crippen LogP contribution in [-0.4, -0.2) is 64.9 Å². The molecule has 4 heterocycles. The lowest BCUT2D eigenvalue weighted by atomic mass is 10.1. The fourth-order valence-corrected chi connectivity index (χ4v) is 4.01. The Morgan fingerprint density at radius 2 is 2.21 bits per heavy atom. The summed E-state index contributed by atoms with van der Waals surface area (Å²) in [7, 11) is 1.84. The Morgan fingerprint density at radius 3 is 3.00 bits per heavy atom. The molecular formula is C19H29ClN8O. The average Bonchev–Trinajstić information content (AvgIpc) is 3.42. The first-order chi connectivity index (χ1) is 13.7. The van der Waals surface area contributed by atoms with Gasteiger partial charge in [-0.05, 0) is 38.3 Å². The number of halogens is 1. The third-order valence-corrected chi connectivity index (χ3v) is 5.56. The van der Waals surface area contributed by atoms with Crippen molar-refractivity contribution < 1.29 is 4.79 Å². The number of anilines is 2. The number of piperidine rings is 1. The van der Waals surface area contributed by atoms with Gasteiger partial charge in [0.05, 0.1) is 6.04 Å². The first-order valence-electron chi connectivity index (χ1n) is 10.0. The highest BCUT2D eigenvalue weighted by atomic mass is 35.5. The van der Waals surface area contributed by atoms with E-state index >= 15 is 0 Å². The van der Waals surface area contributed by atoms with Gasteiger partial charge in [-0.25, -0.2) is 9.97 Å². The molecule has 0 saturated carbocycles. The fraction of sp³-hybridized carbons (Fsp3) is 0.579. The normalized spacial score (nSPS) is 21.5. The molecule has 2 unspecified atom stereocenters. The van der Waals surface area contributed by atoms with Crippen LogP contribution < -0.4 is 20.9 Å². The van der Waals surface area contributed by atoms with Gasteiger partial charge in [0.1, 0.15) is 23.7 Å². The maximum atomic E-state index is 12.6. The van der Waals surface area contributed by atoms with E-state index in [2.05, 4.69) is 35.9 Å². The molecule has 0 radical (unpaired) electrons. The zero-order valence-electron chi connectivity index (χ0n) is 16.7.